The molecule has 1 aliphatic rings. The van der Waals surface area contributed by atoms with Crippen molar-refractivity contribution in [1.82, 2.24) is 4.90 Å². The van der Waals surface area contributed by atoms with Crippen LogP contribution in [0.3, 0.4) is 0 Å². The number of ether oxygens (including phenoxy) is 1. The molecule has 94 valence electrons. The van der Waals surface area contributed by atoms with E-state index in [1.54, 1.807) is 0 Å². The number of likely N-dealkylation sites (tertiary alicyclic amines) is 1. The van der Waals surface area contributed by atoms with Gasteiger partial charge in [-0.1, -0.05) is 0 Å². The highest BCUT2D eigenvalue weighted by molar-refractivity contribution is 5.73. The molecule has 1 rings (SSSR count). The second kappa shape index (κ2) is 6.48. The van der Waals surface area contributed by atoms with E-state index >= 15 is 0 Å². The summed E-state index contributed by atoms with van der Waals surface area (Å²) >= 11 is 0. The van der Waals surface area contributed by atoms with E-state index in [4.69, 9.17) is 5.11 Å². The predicted molar refractivity (Wildman–Crippen MR) is 60.2 cm³/mol. The van der Waals surface area contributed by atoms with Gasteiger partial charge in [-0.2, -0.15) is 0 Å². The highest BCUT2D eigenvalue weighted by Gasteiger charge is 2.26. The Kier molecular flexibility index (Phi) is 6.03. The fourth-order valence-electron chi connectivity index (χ4n) is 1.37. The Balaban J connectivity index is 0.000000293. The Morgan fingerprint density at radius 3 is 2.19 bits per heavy atom. The molecule has 16 heavy (non-hydrogen) atoms. The molecule has 0 saturated carbocycles. The lowest BCUT2D eigenvalue weighted by molar-refractivity contribution is -0.141. The van der Waals surface area contributed by atoms with Crippen LogP contribution in [0, 0.1) is 0 Å². The average Bonchev–Trinajstić information content (AvgIpc) is 2.50. The highest BCUT2D eigenvalue weighted by Crippen LogP contribution is 2.13. The maximum atomic E-state index is 10.4. The standard InChI is InChI=1S/C6H11NO2.C5H10O2/c1-7-4-2-3-5(7)6(8)9;1-5(2,3)7-4-6/h5H,2-4H2,1H3,(H,8,9);4H,1-3H3. The van der Waals surface area contributed by atoms with Crippen molar-refractivity contribution in [2.24, 2.45) is 0 Å². The Bertz CT molecular complexity index is 235. The summed E-state index contributed by atoms with van der Waals surface area (Å²) < 4.78 is 4.55. The lowest BCUT2D eigenvalue weighted by Gasteiger charge is -2.14. The first-order chi connectivity index (χ1) is 7.28. The Morgan fingerprint density at radius 2 is 2.06 bits per heavy atom. The number of rotatable bonds is 2. The Hall–Kier alpha value is -1.10. The summed E-state index contributed by atoms with van der Waals surface area (Å²) in [6.07, 6.45) is 1.83. The van der Waals surface area contributed by atoms with Crippen LogP contribution in [0.4, 0.5) is 0 Å². The third-order valence-electron chi connectivity index (χ3n) is 2.21. The number of carbonyl (C=O) groups is 2. The highest BCUT2D eigenvalue weighted by atomic mass is 16.5. The van der Waals surface area contributed by atoms with Gasteiger partial charge in [-0.25, -0.2) is 0 Å². The van der Waals surface area contributed by atoms with E-state index in [-0.39, 0.29) is 11.6 Å². The summed E-state index contributed by atoms with van der Waals surface area (Å²) in [6, 6.07) is -0.218. The van der Waals surface area contributed by atoms with Gasteiger partial charge in [0.1, 0.15) is 11.6 Å². The zero-order valence-electron chi connectivity index (χ0n) is 10.4. The zero-order valence-corrected chi connectivity index (χ0v) is 10.4. The fourth-order valence-corrected chi connectivity index (χ4v) is 1.37. The number of carboxylic acids is 1. The van der Waals surface area contributed by atoms with Gasteiger partial charge in [0.25, 0.3) is 6.47 Å². The van der Waals surface area contributed by atoms with Crippen LogP contribution in [-0.4, -0.2) is 47.7 Å². The van der Waals surface area contributed by atoms with E-state index in [0.717, 1.165) is 19.4 Å². The molecule has 1 heterocycles. The summed E-state index contributed by atoms with van der Waals surface area (Å²) in [5.41, 5.74) is -0.318. The van der Waals surface area contributed by atoms with Crippen molar-refractivity contribution >= 4 is 12.4 Å². The van der Waals surface area contributed by atoms with Gasteiger partial charge in [-0.3, -0.25) is 14.5 Å². The third kappa shape index (κ3) is 6.40. The van der Waals surface area contributed by atoms with Crippen molar-refractivity contribution < 1.29 is 19.4 Å². The van der Waals surface area contributed by atoms with Crippen molar-refractivity contribution in [3.8, 4) is 0 Å². The van der Waals surface area contributed by atoms with Gasteiger partial charge in [0.15, 0.2) is 0 Å². The minimum Gasteiger partial charge on any atom is -0.480 e. The van der Waals surface area contributed by atoms with Crippen LogP contribution in [0.15, 0.2) is 0 Å². The molecule has 1 saturated heterocycles. The number of hydrogen-bond donors (Lipinski definition) is 1. The van der Waals surface area contributed by atoms with Crippen LogP contribution >= 0.6 is 0 Å². The van der Waals surface area contributed by atoms with Crippen LogP contribution in [0.25, 0.3) is 0 Å². The summed E-state index contributed by atoms with van der Waals surface area (Å²) in [5.74, 6) is -0.685. The zero-order chi connectivity index (χ0) is 12.8. The summed E-state index contributed by atoms with van der Waals surface area (Å²) in [7, 11) is 1.85. The quantitative estimate of drug-likeness (QED) is 0.721. The maximum absolute atomic E-state index is 10.4. The first kappa shape index (κ1) is 14.9. The number of hydrogen-bond acceptors (Lipinski definition) is 4. The third-order valence-corrected chi connectivity index (χ3v) is 2.21. The lowest BCUT2D eigenvalue weighted by Crippen LogP contribution is -2.32. The number of aliphatic carboxylic acids is 1. The SMILES string of the molecule is CC(C)(C)OC=O.CN1CCCC1C(=O)O. The maximum Gasteiger partial charge on any atom is 0.320 e. The molecule has 1 N–H and O–H groups in total. The van der Waals surface area contributed by atoms with Gasteiger partial charge in [0.05, 0.1) is 0 Å². The van der Waals surface area contributed by atoms with E-state index in [1.165, 1.54) is 0 Å². The van der Waals surface area contributed by atoms with Crippen LogP contribution in [0.5, 0.6) is 0 Å². The summed E-state index contributed by atoms with van der Waals surface area (Å²) in [6.45, 7) is 6.85. The normalized spacial score (nSPS) is 20.9. The van der Waals surface area contributed by atoms with Crippen LogP contribution in [0.2, 0.25) is 0 Å². The van der Waals surface area contributed by atoms with Gasteiger partial charge in [0, 0.05) is 0 Å². The molecule has 1 unspecified atom stereocenters. The molecule has 0 aromatic carbocycles. The van der Waals surface area contributed by atoms with Crippen LogP contribution in [-0.2, 0) is 14.3 Å². The monoisotopic (exact) mass is 231 g/mol. The predicted octanol–water partition coefficient (Wildman–Crippen LogP) is 1.12. The van der Waals surface area contributed by atoms with Crippen molar-refractivity contribution in [2.75, 3.05) is 13.6 Å². The van der Waals surface area contributed by atoms with E-state index in [0.29, 0.717) is 6.47 Å². The van der Waals surface area contributed by atoms with Crippen molar-refractivity contribution in [3.05, 3.63) is 0 Å². The van der Waals surface area contributed by atoms with E-state index < -0.39 is 5.97 Å². The Labute approximate surface area is 96.4 Å². The van der Waals surface area contributed by atoms with Gasteiger partial charge in [-0.05, 0) is 47.2 Å². The molecule has 0 bridgehead atoms. The number of nitrogens with zero attached hydrogens (tertiary/aromatic N) is 1. The molecule has 0 spiro atoms. The van der Waals surface area contributed by atoms with Gasteiger partial charge in [0.2, 0.25) is 0 Å². The molecule has 0 radical (unpaired) electrons. The van der Waals surface area contributed by atoms with Crippen molar-refractivity contribution in [3.63, 3.8) is 0 Å². The molecule has 1 atom stereocenters. The van der Waals surface area contributed by atoms with E-state index in [9.17, 15) is 9.59 Å². The summed E-state index contributed by atoms with van der Waals surface area (Å²) in [4.78, 5) is 21.8. The van der Waals surface area contributed by atoms with Gasteiger partial charge < -0.3 is 9.84 Å². The summed E-state index contributed by atoms with van der Waals surface area (Å²) in [5, 5.41) is 8.54. The first-order valence-corrected chi connectivity index (χ1v) is 5.32. The molecular formula is C11H21NO4. The van der Waals surface area contributed by atoms with Crippen LogP contribution in [0.1, 0.15) is 33.6 Å². The molecule has 0 aliphatic carbocycles. The fraction of sp³-hybridized carbons (Fsp3) is 0.818. The number of carboxylic acid groups (broad SMARTS) is 1. The van der Waals surface area contributed by atoms with Crippen LogP contribution < -0.4 is 0 Å². The lowest BCUT2D eigenvalue weighted by atomic mass is 10.2. The van der Waals surface area contributed by atoms with E-state index in [1.807, 2.05) is 32.7 Å². The van der Waals surface area contributed by atoms with Gasteiger partial charge in [-0.15, -0.1) is 0 Å². The van der Waals surface area contributed by atoms with Crippen molar-refractivity contribution in [1.29, 1.82) is 0 Å². The molecule has 1 aliphatic heterocycles. The second-order valence-corrected chi connectivity index (χ2v) is 4.80. The topological polar surface area (TPSA) is 66.8 Å². The number of likely N-dealkylation sites (N-methyl/N-ethyl adjacent to an activating group) is 1. The molecule has 0 aromatic rings. The average molecular weight is 231 g/mol. The van der Waals surface area contributed by atoms with E-state index in [2.05, 4.69) is 4.74 Å². The molecule has 0 aromatic heterocycles. The molecule has 5 nitrogen and oxygen atoms in total. The largest absolute Gasteiger partial charge is 0.480 e. The number of carbonyl (C=O) groups excluding carboxylic acids is 1. The minimum atomic E-state index is -0.685. The molecular weight excluding hydrogens is 210 g/mol. The minimum absolute atomic E-state index is 0.218. The molecule has 0 amide bonds. The molecule has 1 fully saturated rings. The Morgan fingerprint density at radius 1 is 1.50 bits per heavy atom. The van der Waals surface area contributed by atoms with Gasteiger partial charge >= 0.3 is 5.97 Å². The van der Waals surface area contributed by atoms with Crippen molar-refractivity contribution in [2.45, 2.75) is 45.3 Å². The second-order valence-electron chi connectivity index (χ2n) is 4.80. The smallest absolute Gasteiger partial charge is 0.320 e. The first-order valence-electron chi connectivity index (χ1n) is 5.32. The molecule has 5 heteroatoms.